The molecule has 1 saturated heterocycles. The Morgan fingerprint density at radius 3 is 2.44 bits per heavy atom. The van der Waals surface area contributed by atoms with Gasteiger partial charge in [0.15, 0.2) is 11.6 Å². The van der Waals surface area contributed by atoms with Crippen LogP contribution in [0, 0.1) is 11.6 Å². The van der Waals surface area contributed by atoms with E-state index in [4.69, 9.17) is 9.84 Å². The fourth-order valence-corrected chi connectivity index (χ4v) is 3.96. The van der Waals surface area contributed by atoms with Crippen molar-refractivity contribution in [3.8, 4) is 0 Å². The van der Waals surface area contributed by atoms with Gasteiger partial charge in [0.1, 0.15) is 11.8 Å². The predicted molar refractivity (Wildman–Crippen MR) is 115 cm³/mol. The fourth-order valence-electron chi connectivity index (χ4n) is 3.96. The monoisotopic (exact) mass is 438 g/mol. The lowest BCUT2D eigenvalue weighted by molar-refractivity contribution is -0.0284. The summed E-state index contributed by atoms with van der Waals surface area (Å²) in [4.78, 5) is 17.5. The van der Waals surface area contributed by atoms with Gasteiger partial charge in [-0.2, -0.15) is 0 Å². The third-order valence-electron chi connectivity index (χ3n) is 5.62. The van der Waals surface area contributed by atoms with Crippen LogP contribution in [0.5, 0.6) is 0 Å². The molecule has 166 valence electrons. The van der Waals surface area contributed by atoms with E-state index in [-0.39, 0.29) is 11.8 Å². The number of likely N-dealkylation sites (tertiary alicyclic amines) is 1. The Bertz CT molecular complexity index is 1070. The molecule has 1 aliphatic heterocycles. The van der Waals surface area contributed by atoms with Gasteiger partial charge in [-0.15, -0.1) is 0 Å². The molecule has 1 unspecified atom stereocenters. The Hall–Kier alpha value is -3.16. The molecule has 2 heterocycles. The summed E-state index contributed by atoms with van der Waals surface area (Å²) < 4.78 is 33.7. The minimum atomic E-state index is -1.04. The normalized spacial score (nSPS) is 16.1. The number of aromatic carboxylic acids is 1. The molecule has 1 N–H and O–H groups in total. The van der Waals surface area contributed by atoms with Crippen LogP contribution in [0.15, 0.2) is 66.7 Å². The van der Waals surface area contributed by atoms with Crippen molar-refractivity contribution in [2.75, 3.05) is 13.1 Å². The molecule has 1 atom stereocenters. The van der Waals surface area contributed by atoms with E-state index in [1.165, 1.54) is 12.1 Å². The molecule has 2 aromatic carbocycles. The molecule has 0 radical (unpaired) electrons. The quantitative estimate of drug-likeness (QED) is 0.573. The van der Waals surface area contributed by atoms with Gasteiger partial charge in [0.2, 0.25) is 0 Å². The molecule has 0 amide bonds. The van der Waals surface area contributed by atoms with Gasteiger partial charge < -0.3 is 9.84 Å². The van der Waals surface area contributed by atoms with Crippen LogP contribution in [0.3, 0.4) is 0 Å². The Kier molecular flexibility index (Phi) is 6.87. The topological polar surface area (TPSA) is 62.7 Å². The molecule has 7 heteroatoms. The summed E-state index contributed by atoms with van der Waals surface area (Å²) >= 11 is 0. The van der Waals surface area contributed by atoms with Crippen molar-refractivity contribution in [3.05, 3.63) is 101 Å². The molecule has 1 aliphatic rings. The molecule has 1 aromatic heterocycles. The molecule has 0 spiro atoms. The Morgan fingerprint density at radius 1 is 1.00 bits per heavy atom. The van der Waals surface area contributed by atoms with Crippen LogP contribution in [0.4, 0.5) is 8.78 Å². The third-order valence-corrected chi connectivity index (χ3v) is 5.62. The molecule has 4 rings (SSSR count). The van der Waals surface area contributed by atoms with Gasteiger partial charge >= 0.3 is 5.97 Å². The highest BCUT2D eigenvalue weighted by atomic mass is 19.2. The lowest BCUT2D eigenvalue weighted by Gasteiger charge is -2.34. The number of carboxylic acid groups (broad SMARTS) is 1. The summed E-state index contributed by atoms with van der Waals surface area (Å²) in [6.07, 6.45) is 1.01. The molecule has 32 heavy (non-hydrogen) atoms. The number of benzene rings is 2. The lowest BCUT2D eigenvalue weighted by atomic mass is 9.99. The van der Waals surface area contributed by atoms with E-state index in [9.17, 15) is 13.6 Å². The highest BCUT2D eigenvalue weighted by Gasteiger charge is 2.25. The van der Waals surface area contributed by atoms with Gasteiger partial charge in [-0.3, -0.25) is 4.90 Å². The number of piperidine rings is 1. The highest BCUT2D eigenvalue weighted by molar-refractivity contribution is 5.85. The Labute approximate surface area is 185 Å². The first kappa shape index (κ1) is 22.0. The van der Waals surface area contributed by atoms with Crippen LogP contribution < -0.4 is 0 Å². The van der Waals surface area contributed by atoms with E-state index in [0.717, 1.165) is 37.6 Å². The van der Waals surface area contributed by atoms with E-state index in [1.807, 2.05) is 36.4 Å². The number of ether oxygens (including phenoxy) is 1. The largest absolute Gasteiger partial charge is 0.477 e. The zero-order valence-electron chi connectivity index (χ0n) is 17.5. The first-order chi connectivity index (χ1) is 15.5. The average Bonchev–Trinajstić information content (AvgIpc) is 2.81. The van der Waals surface area contributed by atoms with Crippen molar-refractivity contribution in [1.29, 1.82) is 0 Å². The van der Waals surface area contributed by atoms with Crippen LogP contribution in [0.2, 0.25) is 0 Å². The number of aromatic nitrogens is 1. The van der Waals surface area contributed by atoms with Crippen LogP contribution in [-0.4, -0.2) is 40.2 Å². The smallest absolute Gasteiger partial charge is 0.354 e. The molecule has 0 aliphatic carbocycles. The van der Waals surface area contributed by atoms with E-state index in [1.54, 1.807) is 12.1 Å². The molecule has 0 bridgehead atoms. The van der Waals surface area contributed by atoms with Crippen LogP contribution >= 0.6 is 0 Å². The van der Waals surface area contributed by atoms with E-state index in [0.29, 0.717) is 17.8 Å². The van der Waals surface area contributed by atoms with Crippen LogP contribution in [0.25, 0.3) is 0 Å². The second-order valence-electron chi connectivity index (χ2n) is 7.90. The van der Waals surface area contributed by atoms with E-state index < -0.39 is 23.7 Å². The fraction of sp³-hybridized carbons (Fsp3) is 0.280. The van der Waals surface area contributed by atoms with Crippen molar-refractivity contribution in [2.24, 2.45) is 0 Å². The van der Waals surface area contributed by atoms with E-state index in [2.05, 4.69) is 9.88 Å². The maximum absolute atomic E-state index is 13.9. The molecule has 5 nitrogen and oxygen atoms in total. The van der Waals surface area contributed by atoms with Gasteiger partial charge in [-0.05, 0) is 48.2 Å². The summed E-state index contributed by atoms with van der Waals surface area (Å²) in [6.45, 7) is 2.10. The summed E-state index contributed by atoms with van der Waals surface area (Å²) in [6, 6.07) is 18.4. The average molecular weight is 438 g/mol. The van der Waals surface area contributed by atoms with Crippen molar-refractivity contribution >= 4 is 5.97 Å². The molecule has 0 saturated carbocycles. The van der Waals surface area contributed by atoms with Crippen LogP contribution in [-0.2, 0) is 11.3 Å². The van der Waals surface area contributed by atoms with Gasteiger partial charge in [0.25, 0.3) is 0 Å². The minimum absolute atomic E-state index is 0.0390. The minimum Gasteiger partial charge on any atom is -0.477 e. The predicted octanol–water partition coefficient (Wildman–Crippen LogP) is 4.83. The Morgan fingerprint density at radius 2 is 1.75 bits per heavy atom. The number of halogens is 2. The molecule has 1 fully saturated rings. The van der Waals surface area contributed by atoms with Gasteiger partial charge in [0.05, 0.1) is 11.8 Å². The zero-order chi connectivity index (χ0) is 22.5. The maximum atomic E-state index is 13.9. The number of pyridine rings is 1. The number of hydrogen-bond donors (Lipinski definition) is 1. The SMILES string of the molecule is O=C(O)c1cccc(CN2CCC(OC(c3ccccc3)c3ccc(F)c(F)c3)CC2)n1. The number of carbonyl (C=O) groups is 1. The van der Waals surface area contributed by atoms with Crippen LogP contribution in [0.1, 0.15) is 46.3 Å². The van der Waals surface area contributed by atoms with Crippen molar-refractivity contribution in [1.82, 2.24) is 9.88 Å². The van der Waals surface area contributed by atoms with Gasteiger partial charge in [-0.25, -0.2) is 18.6 Å². The zero-order valence-corrected chi connectivity index (χ0v) is 17.5. The van der Waals surface area contributed by atoms with Crippen molar-refractivity contribution < 1.29 is 23.4 Å². The maximum Gasteiger partial charge on any atom is 0.354 e. The van der Waals surface area contributed by atoms with Gasteiger partial charge in [-0.1, -0.05) is 42.5 Å². The second-order valence-corrected chi connectivity index (χ2v) is 7.90. The number of carboxylic acids is 1. The standard InChI is InChI=1S/C25H24F2N2O3/c26-21-10-9-18(15-22(21)27)24(17-5-2-1-3-6-17)32-20-11-13-29(14-12-20)16-19-7-4-8-23(28-19)25(30)31/h1-10,15,20,24H,11-14,16H2,(H,30,31). The summed E-state index contributed by atoms with van der Waals surface area (Å²) in [5.74, 6) is -2.81. The van der Waals surface area contributed by atoms with Crippen molar-refractivity contribution in [3.63, 3.8) is 0 Å². The molecule has 3 aromatic rings. The molecular formula is C25H24F2N2O3. The number of nitrogens with zero attached hydrogens (tertiary/aromatic N) is 2. The number of hydrogen-bond acceptors (Lipinski definition) is 4. The first-order valence-corrected chi connectivity index (χ1v) is 10.6. The summed E-state index contributed by atoms with van der Waals surface area (Å²) in [7, 11) is 0. The van der Waals surface area contributed by atoms with Gasteiger partial charge in [0, 0.05) is 19.6 Å². The third kappa shape index (κ3) is 5.36. The summed E-state index contributed by atoms with van der Waals surface area (Å²) in [5, 5.41) is 9.12. The molecular weight excluding hydrogens is 414 g/mol. The van der Waals surface area contributed by atoms with Crippen molar-refractivity contribution in [2.45, 2.75) is 31.6 Å². The first-order valence-electron chi connectivity index (χ1n) is 10.6. The lowest BCUT2D eigenvalue weighted by Crippen LogP contribution is -2.37. The highest BCUT2D eigenvalue weighted by Crippen LogP contribution is 2.31. The number of rotatable bonds is 7. The van der Waals surface area contributed by atoms with E-state index >= 15 is 0 Å². The summed E-state index contributed by atoms with van der Waals surface area (Å²) in [5.41, 5.74) is 2.22. The Balaban J connectivity index is 1.42. The second kappa shape index (κ2) is 9.97.